The van der Waals surface area contributed by atoms with Gasteiger partial charge in [0.1, 0.15) is 17.0 Å². The normalized spacial score (nSPS) is 11.4. The molecular weight excluding hydrogens is 408 g/mol. The van der Waals surface area contributed by atoms with Crippen LogP contribution in [0.25, 0.3) is 5.69 Å². The van der Waals surface area contributed by atoms with Gasteiger partial charge in [-0.15, -0.1) is 5.10 Å². The average molecular weight is 416 g/mol. The molecule has 0 radical (unpaired) electrons. The molecule has 23 heavy (non-hydrogen) atoms. The van der Waals surface area contributed by atoms with Crippen molar-refractivity contribution < 1.29 is 12.6 Å². The van der Waals surface area contributed by atoms with Crippen molar-refractivity contribution in [3.8, 4) is 11.4 Å². The van der Waals surface area contributed by atoms with Crippen LogP contribution >= 0.6 is 27.5 Å². The van der Waals surface area contributed by atoms with Crippen LogP contribution in [0.4, 0.5) is 0 Å². The van der Waals surface area contributed by atoms with Crippen LogP contribution in [0.15, 0.2) is 58.2 Å². The Labute approximate surface area is 145 Å². The van der Waals surface area contributed by atoms with E-state index in [4.69, 9.17) is 15.8 Å². The maximum absolute atomic E-state index is 12.4. The number of hydrogen-bond acceptors (Lipinski definition) is 6. The van der Waals surface area contributed by atoms with Gasteiger partial charge in [0.2, 0.25) is 0 Å². The molecule has 0 aliphatic rings. The van der Waals surface area contributed by atoms with Gasteiger partial charge in [0.15, 0.2) is 0 Å². The summed E-state index contributed by atoms with van der Waals surface area (Å²) in [7, 11) is -4.06. The van der Waals surface area contributed by atoms with Gasteiger partial charge in [0.05, 0.1) is 10.7 Å². The Morgan fingerprint density at radius 2 is 2.00 bits per heavy atom. The molecule has 1 aromatic heterocycles. The average Bonchev–Trinajstić information content (AvgIpc) is 3.00. The van der Waals surface area contributed by atoms with Crippen molar-refractivity contribution in [3.63, 3.8) is 0 Å². The number of hydrogen-bond donors (Lipinski definition) is 0. The first-order valence-corrected chi connectivity index (χ1v) is 8.76. The zero-order valence-corrected chi connectivity index (χ0v) is 14.5. The molecule has 0 fully saturated rings. The molecule has 0 spiro atoms. The van der Waals surface area contributed by atoms with E-state index in [2.05, 4.69) is 31.5 Å². The van der Waals surface area contributed by atoms with E-state index >= 15 is 0 Å². The molecule has 1 heterocycles. The topological polar surface area (TPSA) is 87.0 Å². The quantitative estimate of drug-likeness (QED) is 0.609. The molecule has 3 aromatic rings. The molecule has 0 unspecified atom stereocenters. The zero-order chi connectivity index (χ0) is 16.4. The monoisotopic (exact) mass is 414 g/mol. The minimum atomic E-state index is -4.06. The molecule has 3 rings (SSSR count). The van der Waals surface area contributed by atoms with Gasteiger partial charge in [-0.1, -0.05) is 33.6 Å². The van der Waals surface area contributed by atoms with Crippen molar-refractivity contribution in [1.29, 1.82) is 0 Å². The molecule has 0 aliphatic carbocycles. The van der Waals surface area contributed by atoms with Gasteiger partial charge in [0.25, 0.3) is 0 Å². The Balaban J connectivity index is 1.93. The van der Waals surface area contributed by atoms with Crippen molar-refractivity contribution in [1.82, 2.24) is 20.2 Å². The minimum Gasteiger partial charge on any atom is -0.379 e. The predicted octanol–water partition coefficient (Wildman–Crippen LogP) is 2.85. The highest BCUT2D eigenvalue weighted by molar-refractivity contribution is 9.10. The van der Waals surface area contributed by atoms with Gasteiger partial charge in [-0.25, -0.2) is 4.68 Å². The van der Waals surface area contributed by atoms with Crippen LogP contribution in [0.3, 0.4) is 0 Å². The molecule has 0 saturated carbocycles. The first-order valence-electron chi connectivity index (χ1n) is 6.19. The zero-order valence-electron chi connectivity index (χ0n) is 11.3. The van der Waals surface area contributed by atoms with E-state index in [1.807, 2.05) is 0 Å². The van der Waals surface area contributed by atoms with Crippen molar-refractivity contribution in [2.45, 2.75) is 4.90 Å². The first-order chi connectivity index (χ1) is 11.0. The summed E-state index contributed by atoms with van der Waals surface area (Å²) >= 11 is 9.19. The fraction of sp³-hybridized carbons (Fsp3) is 0. The summed E-state index contributed by atoms with van der Waals surface area (Å²) in [6.45, 7) is 0. The summed E-state index contributed by atoms with van der Waals surface area (Å²) in [4.78, 5) is -0.116. The summed E-state index contributed by atoms with van der Waals surface area (Å²) in [5.41, 5.74) is 0.560. The summed E-state index contributed by atoms with van der Waals surface area (Å²) in [5, 5.41) is 10.8. The van der Waals surface area contributed by atoms with Crippen LogP contribution in [0, 0.1) is 0 Å². The number of rotatable bonds is 4. The third-order valence-electron chi connectivity index (χ3n) is 2.80. The molecule has 0 amide bonds. The Hall–Kier alpha value is -1.97. The summed E-state index contributed by atoms with van der Waals surface area (Å²) in [5.74, 6) is 0.122. The lowest BCUT2D eigenvalue weighted by molar-refractivity contribution is 0.486. The van der Waals surface area contributed by atoms with Crippen LogP contribution in [0.1, 0.15) is 0 Å². The molecule has 118 valence electrons. The molecule has 10 heteroatoms. The molecule has 0 bridgehead atoms. The number of aromatic nitrogens is 4. The third-order valence-corrected chi connectivity index (χ3v) is 5.02. The lowest BCUT2D eigenvalue weighted by Crippen LogP contribution is -2.10. The molecule has 0 N–H and O–H groups in total. The summed E-state index contributed by atoms with van der Waals surface area (Å²) in [6, 6.07) is 10.8. The fourth-order valence-corrected chi connectivity index (χ4v) is 3.74. The molecule has 7 nitrogen and oxygen atoms in total. The van der Waals surface area contributed by atoms with Crippen LogP contribution in [-0.4, -0.2) is 28.6 Å². The predicted molar refractivity (Wildman–Crippen MR) is 86.1 cm³/mol. The smallest absolute Gasteiger partial charge is 0.340 e. The van der Waals surface area contributed by atoms with E-state index < -0.39 is 10.1 Å². The van der Waals surface area contributed by atoms with Crippen molar-refractivity contribution in [3.05, 3.63) is 58.3 Å². The van der Waals surface area contributed by atoms with Crippen molar-refractivity contribution >= 4 is 37.6 Å². The molecule has 0 aliphatic heterocycles. The SMILES string of the molecule is O=S(=O)(Oc1cccc(-n2cnnn2)c1)c1ccc(Br)cc1Cl. The van der Waals surface area contributed by atoms with Gasteiger partial charge in [-0.2, -0.15) is 8.42 Å². The minimum absolute atomic E-state index is 0.0657. The van der Waals surface area contributed by atoms with E-state index in [0.29, 0.717) is 10.2 Å². The van der Waals surface area contributed by atoms with Gasteiger partial charge < -0.3 is 4.18 Å². The number of nitrogens with zero attached hydrogens (tertiary/aromatic N) is 4. The standard InChI is InChI=1S/C13H8BrClN4O3S/c14-9-4-5-13(12(15)6-9)23(20,21)22-11-3-1-2-10(7-11)19-8-16-17-18-19/h1-8H. The highest BCUT2D eigenvalue weighted by Crippen LogP contribution is 2.28. The van der Waals surface area contributed by atoms with Crippen LogP contribution in [0.2, 0.25) is 5.02 Å². The maximum Gasteiger partial charge on any atom is 0.340 e. The first kappa shape index (κ1) is 15.9. The summed E-state index contributed by atoms with van der Waals surface area (Å²) < 4.78 is 31.9. The van der Waals surface area contributed by atoms with Crippen LogP contribution in [-0.2, 0) is 10.1 Å². The van der Waals surface area contributed by atoms with Crippen molar-refractivity contribution in [2.24, 2.45) is 0 Å². The van der Waals surface area contributed by atoms with Gasteiger partial charge in [-0.05, 0) is 40.8 Å². The van der Waals surface area contributed by atoms with Crippen molar-refractivity contribution in [2.75, 3.05) is 0 Å². The second-order valence-electron chi connectivity index (χ2n) is 4.36. The van der Waals surface area contributed by atoms with Crippen LogP contribution in [0.5, 0.6) is 5.75 Å². The van der Waals surface area contributed by atoms with Gasteiger partial charge in [-0.3, -0.25) is 0 Å². The Morgan fingerprint density at radius 3 is 2.70 bits per heavy atom. The van der Waals surface area contributed by atoms with E-state index in [1.165, 1.54) is 35.3 Å². The van der Waals surface area contributed by atoms with E-state index in [0.717, 1.165) is 0 Å². The fourth-order valence-electron chi connectivity index (χ4n) is 1.81. The Kier molecular flexibility index (Phi) is 4.33. The third kappa shape index (κ3) is 3.52. The molecule has 2 aromatic carbocycles. The van der Waals surface area contributed by atoms with Crippen LogP contribution < -0.4 is 4.18 Å². The van der Waals surface area contributed by atoms with E-state index in [9.17, 15) is 8.42 Å². The molecule has 0 saturated heterocycles. The molecule has 0 atom stereocenters. The highest BCUT2D eigenvalue weighted by Gasteiger charge is 2.20. The maximum atomic E-state index is 12.4. The Bertz CT molecular complexity index is 948. The van der Waals surface area contributed by atoms with E-state index in [-0.39, 0.29) is 15.7 Å². The second kappa shape index (κ2) is 6.26. The lowest BCUT2D eigenvalue weighted by atomic mass is 10.3. The number of benzene rings is 2. The van der Waals surface area contributed by atoms with E-state index in [1.54, 1.807) is 18.2 Å². The van der Waals surface area contributed by atoms with Gasteiger partial charge >= 0.3 is 10.1 Å². The summed E-state index contributed by atoms with van der Waals surface area (Å²) in [6.07, 6.45) is 1.39. The number of halogens is 2. The highest BCUT2D eigenvalue weighted by atomic mass is 79.9. The number of tetrazole rings is 1. The largest absolute Gasteiger partial charge is 0.379 e. The lowest BCUT2D eigenvalue weighted by Gasteiger charge is -2.09. The van der Waals surface area contributed by atoms with Gasteiger partial charge in [0, 0.05) is 10.5 Å². The second-order valence-corrected chi connectivity index (χ2v) is 7.20. The molecular formula is C13H8BrClN4O3S. The Morgan fingerprint density at radius 1 is 1.17 bits per heavy atom.